The molecule has 0 saturated heterocycles. The van der Waals surface area contributed by atoms with Crippen LogP contribution in [0, 0.1) is 0 Å². The molecule has 0 aromatic heterocycles. The molecule has 11 nitrogen and oxygen atoms in total. The summed E-state index contributed by atoms with van der Waals surface area (Å²) in [6, 6.07) is 0. The molecule has 0 saturated carbocycles. The Morgan fingerprint density at radius 2 is 1.38 bits per heavy atom. The van der Waals surface area contributed by atoms with Gasteiger partial charge in [-0.3, -0.25) is 28.2 Å². The summed E-state index contributed by atoms with van der Waals surface area (Å²) in [4.78, 5) is 55.8. The third-order valence-electron chi connectivity index (χ3n) is 5.94. The molecule has 0 aliphatic rings. The SMILES string of the molecule is CCCCCCCCCCCCCCCC(=O)OC[C@H](COP(=O)(O)OCCN)OC(=O)CCC(=O)/C=C/C=O. The number of allylic oxidation sites excluding steroid dienone is 2. The summed E-state index contributed by atoms with van der Waals surface area (Å²) >= 11 is 0. The molecule has 0 aromatic rings. The molecule has 0 heterocycles. The van der Waals surface area contributed by atoms with E-state index < -0.39 is 38.3 Å². The van der Waals surface area contributed by atoms with E-state index in [1.807, 2.05) is 0 Å². The number of rotatable bonds is 28. The molecule has 0 amide bonds. The van der Waals surface area contributed by atoms with Gasteiger partial charge in [0.2, 0.25) is 0 Å². The number of aldehydes is 1. The van der Waals surface area contributed by atoms with Gasteiger partial charge in [-0.2, -0.15) is 0 Å². The highest BCUT2D eigenvalue weighted by molar-refractivity contribution is 7.47. The van der Waals surface area contributed by atoms with Crippen LogP contribution in [-0.2, 0) is 42.3 Å². The number of carbonyl (C=O) groups is 4. The standard InChI is InChI=1S/C28H50NO10P/c1-2-3-4-5-6-7-8-9-10-11-12-13-14-17-27(32)36-23-26(24-38-40(34,35)37-22-20-29)39-28(33)19-18-25(31)16-15-21-30/h15-16,21,26H,2-14,17-20,22-24,29H2,1H3,(H,34,35)/b16-15+/t26-/m1/s1. The summed E-state index contributed by atoms with van der Waals surface area (Å²) in [5.74, 6) is -1.73. The number of phosphoric ester groups is 1. The van der Waals surface area contributed by atoms with Crippen molar-refractivity contribution in [3.63, 3.8) is 0 Å². The Morgan fingerprint density at radius 1 is 0.800 bits per heavy atom. The maximum Gasteiger partial charge on any atom is 0.472 e. The molecule has 0 radical (unpaired) electrons. The number of esters is 2. The first-order chi connectivity index (χ1) is 19.2. The van der Waals surface area contributed by atoms with E-state index in [1.54, 1.807) is 0 Å². The van der Waals surface area contributed by atoms with Crippen LogP contribution in [0.2, 0.25) is 0 Å². The van der Waals surface area contributed by atoms with Gasteiger partial charge in [-0.1, -0.05) is 84.0 Å². The second-order valence-corrected chi connectivity index (χ2v) is 11.1. The van der Waals surface area contributed by atoms with Gasteiger partial charge in [-0.05, 0) is 18.6 Å². The number of carbonyl (C=O) groups excluding carboxylic acids is 4. The fraction of sp³-hybridized carbons (Fsp3) is 0.786. The highest BCUT2D eigenvalue weighted by atomic mass is 31.2. The van der Waals surface area contributed by atoms with Crippen molar-refractivity contribution in [2.75, 3.05) is 26.4 Å². The van der Waals surface area contributed by atoms with Crippen LogP contribution in [0.3, 0.4) is 0 Å². The first-order valence-corrected chi connectivity index (χ1v) is 16.0. The summed E-state index contributed by atoms with van der Waals surface area (Å²) in [5, 5.41) is 0. The van der Waals surface area contributed by atoms with E-state index in [9.17, 15) is 28.6 Å². The van der Waals surface area contributed by atoms with Gasteiger partial charge in [-0.15, -0.1) is 0 Å². The molecule has 0 spiro atoms. The largest absolute Gasteiger partial charge is 0.472 e. The van der Waals surface area contributed by atoms with Gasteiger partial charge in [0.1, 0.15) is 12.9 Å². The van der Waals surface area contributed by atoms with Crippen molar-refractivity contribution in [1.29, 1.82) is 0 Å². The molecule has 0 aliphatic carbocycles. The fourth-order valence-electron chi connectivity index (χ4n) is 3.74. The van der Waals surface area contributed by atoms with Gasteiger partial charge in [0.25, 0.3) is 0 Å². The van der Waals surface area contributed by atoms with Crippen molar-refractivity contribution < 1.29 is 47.2 Å². The Morgan fingerprint density at radius 3 is 1.93 bits per heavy atom. The first-order valence-electron chi connectivity index (χ1n) is 14.6. The predicted molar refractivity (Wildman–Crippen MR) is 151 cm³/mol. The zero-order valence-corrected chi connectivity index (χ0v) is 25.0. The van der Waals surface area contributed by atoms with E-state index in [2.05, 4.69) is 11.4 Å². The minimum Gasteiger partial charge on any atom is -0.462 e. The summed E-state index contributed by atoms with van der Waals surface area (Å²) < 4.78 is 31.7. The van der Waals surface area contributed by atoms with Crippen molar-refractivity contribution in [3.8, 4) is 0 Å². The van der Waals surface area contributed by atoms with E-state index in [1.165, 1.54) is 57.8 Å². The lowest BCUT2D eigenvalue weighted by Crippen LogP contribution is -2.29. The fourth-order valence-corrected chi connectivity index (χ4v) is 4.51. The monoisotopic (exact) mass is 591 g/mol. The molecule has 232 valence electrons. The average Bonchev–Trinajstić information content (AvgIpc) is 2.93. The zero-order valence-electron chi connectivity index (χ0n) is 24.1. The highest BCUT2D eigenvalue weighted by Crippen LogP contribution is 2.43. The lowest BCUT2D eigenvalue weighted by atomic mass is 10.0. The maximum atomic E-state index is 12.2. The molecule has 1 unspecified atom stereocenters. The zero-order chi connectivity index (χ0) is 29.9. The van der Waals surface area contributed by atoms with Crippen LogP contribution >= 0.6 is 7.82 Å². The molecular weight excluding hydrogens is 541 g/mol. The normalized spacial score (nSPS) is 13.6. The third kappa shape index (κ3) is 25.1. The molecule has 2 atom stereocenters. The highest BCUT2D eigenvalue weighted by Gasteiger charge is 2.26. The molecule has 40 heavy (non-hydrogen) atoms. The van der Waals surface area contributed by atoms with E-state index in [0.717, 1.165) is 31.4 Å². The number of ketones is 1. The second kappa shape index (κ2) is 26.0. The van der Waals surface area contributed by atoms with E-state index >= 15 is 0 Å². The Balaban J connectivity index is 4.31. The Hall–Kier alpha value is -1.91. The van der Waals surface area contributed by atoms with Crippen molar-refractivity contribution in [3.05, 3.63) is 12.2 Å². The van der Waals surface area contributed by atoms with Gasteiger partial charge in [0.05, 0.1) is 19.6 Å². The molecule has 0 aromatic carbocycles. The summed E-state index contributed by atoms with van der Waals surface area (Å²) in [7, 11) is -4.45. The van der Waals surface area contributed by atoms with Crippen LogP contribution in [0.25, 0.3) is 0 Å². The molecule has 0 fully saturated rings. The maximum absolute atomic E-state index is 12.2. The Labute approximate surface area is 239 Å². The number of unbranched alkanes of at least 4 members (excludes halogenated alkanes) is 12. The van der Waals surface area contributed by atoms with Gasteiger partial charge in [0, 0.05) is 19.4 Å². The number of ether oxygens (including phenoxy) is 2. The molecule has 12 heteroatoms. The van der Waals surface area contributed by atoms with E-state index in [0.29, 0.717) is 12.7 Å². The number of nitrogens with two attached hydrogens (primary N) is 1. The van der Waals surface area contributed by atoms with Crippen molar-refractivity contribution >= 4 is 31.8 Å². The quantitative estimate of drug-likeness (QED) is 0.0407. The number of hydrogen-bond acceptors (Lipinski definition) is 10. The van der Waals surface area contributed by atoms with Gasteiger partial charge >= 0.3 is 19.8 Å². The van der Waals surface area contributed by atoms with Crippen molar-refractivity contribution in [1.82, 2.24) is 0 Å². The molecular formula is C28H50NO10P. The molecule has 0 rings (SSSR count). The summed E-state index contributed by atoms with van der Waals surface area (Å²) in [6.07, 6.45) is 16.4. The van der Waals surface area contributed by atoms with Crippen LogP contribution in [0.1, 0.15) is 110 Å². The van der Waals surface area contributed by atoms with Crippen LogP contribution in [0.4, 0.5) is 0 Å². The minimum absolute atomic E-state index is 0.00426. The van der Waals surface area contributed by atoms with E-state index in [4.69, 9.17) is 19.7 Å². The second-order valence-electron chi connectivity index (χ2n) is 9.64. The summed E-state index contributed by atoms with van der Waals surface area (Å²) in [5.41, 5.74) is 5.24. The van der Waals surface area contributed by atoms with Crippen molar-refractivity contribution in [2.24, 2.45) is 5.73 Å². The lowest BCUT2D eigenvalue weighted by Gasteiger charge is -2.19. The molecule has 3 N–H and O–H groups in total. The lowest BCUT2D eigenvalue weighted by molar-refractivity contribution is -0.161. The Bertz CT molecular complexity index is 774. The number of hydrogen-bond donors (Lipinski definition) is 2. The summed E-state index contributed by atoms with van der Waals surface area (Å²) in [6.45, 7) is 1.04. The van der Waals surface area contributed by atoms with Crippen LogP contribution in [0.5, 0.6) is 0 Å². The number of phosphoric acid groups is 1. The molecule has 0 aliphatic heterocycles. The predicted octanol–water partition coefficient (Wildman–Crippen LogP) is 5.12. The van der Waals surface area contributed by atoms with E-state index in [-0.39, 0.29) is 39.0 Å². The topological polar surface area (TPSA) is 169 Å². The van der Waals surface area contributed by atoms with Crippen LogP contribution in [-0.4, -0.2) is 61.4 Å². The van der Waals surface area contributed by atoms with Gasteiger partial charge in [0.15, 0.2) is 11.9 Å². The van der Waals surface area contributed by atoms with Crippen molar-refractivity contribution in [2.45, 2.75) is 116 Å². The van der Waals surface area contributed by atoms with Crippen LogP contribution < -0.4 is 5.73 Å². The average molecular weight is 592 g/mol. The van der Waals surface area contributed by atoms with Crippen LogP contribution in [0.15, 0.2) is 12.2 Å². The van der Waals surface area contributed by atoms with Gasteiger partial charge in [-0.25, -0.2) is 4.57 Å². The molecule has 0 bridgehead atoms. The minimum atomic E-state index is -4.45. The smallest absolute Gasteiger partial charge is 0.462 e. The Kier molecular flexibility index (Phi) is 24.8. The third-order valence-corrected chi connectivity index (χ3v) is 6.93. The first kappa shape index (κ1) is 38.1. The van der Waals surface area contributed by atoms with Gasteiger partial charge < -0.3 is 20.1 Å².